The highest BCUT2D eigenvalue weighted by Crippen LogP contribution is 2.26. The van der Waals surface area contributed by atoms with E-state index in [2.05, 4.69) is 27.1 Å². The molecule has 1 saturated heterocycles. The number of hydrogen-bond donors (Lipinski definition) is 2. The van der Waals surface area contributed by atoms with Gasteiger partial charge in [-0.1, -0.05) is 42.1 Å². The molecule has 1 aromatic carbocycles. The van der Waals surface area contributed by atoms with Crippen molar-refractivity contribution in [1.29, 1.82) is 0 Å². The van der Waals surface area contributed by atoms with Crippen LogP contribution in [0.5, 0.6) is 0 Å². The van der Waals surface area contributed by atoms with Crippen LogP contribution < -0.4 is 4.90 Å². The number of nitrogens with zero attached hydrogens (tertiary/aromatic N) is 4. The third-order valence-corrected chi connectivity index (χ3v) is 5.77. The lowest BCUT2D eigenvalue weighted by Crippen LogP contribution is -3.15. The van der Waals surface area contributed by atoms with E-state index >= 15 is 0 Å². The number of hydrogen-bond acceptors (Lipinski definition) is 6. The zero-order valence-electron chi connectivity index (χ0n) is 15.1. The Morgan fingerprint density at radius 2 is 1.96 bits per heavy atom. The third kappa shape index (κ3) is 4.65. The summed E-state index contributed by atoms with van der Waals surface area (Å²) in [5.74, 6) is 0.836. The van der Waals surface area contributed by atoms with E-state index in [1.165, 1.54) is 10.5 Å². The number of imidazole rings is 1. The minimum Gasteiger partial charge on any atom is -0.385 e. The fourth-order valence-corrected chi connectivity index (χ4v) is 4.21. The SMILES string of the molecule is OC(Cn1cnc2c(SCc3ccccc3)ncnc21)C[NH+]1CCOCC1. The maximum Gasteiger partial charge on any atom is 0.164 e. The highest BCUT2D eigenvalue weighted by Gasteiger charge is 2.20. The summed E-state index contributed by atoms with van der Waals surface area (Å²) in [6, 6.07) is 10.3. The first-order valence-corrected chi connectivity index (χ1v) is 10.2. The third-order valence-electron chi connectivity index (χ3n) is 4.72. The van der Waals surface area contributed by atoms with Crippen molar-refractivity contribution in [1.82, 2.24) is 19.5 Å². The van der Waals surface area contributed by atoms with E-state index in [1.54, 1.807) is 24.4 Å². The Hall–Kier alpha value is -2.00. The van der Waals surface area contributed by atoms with Crippen LogP contribution in [0.15, 0.2) is 48.0 Å². The number of aromatic nitrogens is 4. The quantitative estimate of drug-likeness (QED) is 0.452. The first-order valence-electron chi connectivity index (χ1n) is 9.21. The Kier molecular flexibility index (Phi) is 5.98. The predicted octanol–water partition coefficient (Wildman–Crippen LogP) is 0.395. The molecule has 0 saturated carbocycles. The highest BCUT2D eigenvalue weighted by molar-refractivity contribution is 7.98. The van der Waals surface area contributed by atoms with Gasteiger partial charge in [0, 0.05) is 5.75 Å². The summed E-state index contributed by atoms with van der Waals surface area (Å²) in [5, 5.41) is 11.4. The molecule has 1 aliphatic heterocycles. The molecule has 1 atom stereocenters. The van der Waals surface area contributed by atoms with Crippen molar-refractivity contribution in [3.8, 4) is 0 Å². The Morgan fingerprint density at radius 3 is 2.78 bits per heavy atom. The molecule has 4 rings (SSSR count). The molecule has 2 aromatic heterocycles. The van der Waals surface area contributed by atoms with Gasteiger partial charge in [-0.05, 0) is 5.56 Å². The van der Waals surface area contributed by atoms with Crippen molar-refractivity contribution in [2.75, 3.05) is 32.8 Å². The van der Waals surface area contributed by atoms with Gasteiger partial charge >= 0.3 is 0 Å². The lowest BCUT2D eigenvalue weighted by molar-refractivity contribution is -0.911. The first kappa shape index (κ1) is 18.4. The number of aliphatic hydroxyl groups excluding tert-OH is 1. The fraction of sp³-hybridized carbons (Fsp3) is 0.421. The molecular weight excluding hydrogens is 362 g/mol. The van der Waals surface area contributed by atoms with Crippen LogP contribution in [0.3, 0.4) is 0 Å². The summed E-state index contributed by atoms with van der Waals surface area (Å²) >= 11 is 1.66. The molecule has 0 aliphatic carbocycles. The summed E-state index contributed by atoms with van der Waals surface area (Å²) in [4.78, 5) is 14.7. The van der Waals surface area contributed by atoms with Gasteiger partial charge in [-0.25, -0.2) is 15.0 Å². The van der Waals surface area contributed by atoms with Crippen LogP contribution in [0.1, 0.15) is 5.56 Å². The Labute approximate surface area is 162 Å². The van der Waals surface area contributed by atoms with Crippen LogP contribution in [0.2, 0.25) is 0 Å². The molecule has 0 radical (unpaired) electrons. The monoisotopic (exact) mass is 386 g/mol. The van der Waals surface area contributed by atoms with Crippen molar-refractivity contribution < 1.29 is 14.7 Å². The van der Waals surface area contributed by atoms with Crippen molar-refractivity contribution in [2.45, 2.75) is 23.4 Å². The minimum atomic E-state index is -0.439. The molecule has 2 N–H and O–H groups in total. The number of morpholine rings is 1. The van der Waals surface area contributed by atoms with Gasteiger partial charge in [-0.3, -0.25) is 0 Å². The number of fused-ring (bicyclic) bond motifs is 1. The number of thioether (sulfide) groups is 1. The molecule has 0 amide bonds. The van der Waals surface area contributed by atoms with E-state index in [1.807, 2.05) is 22.8 Å². The Bertz CT molecular complexity index is 867. The number of quaternary nitrogens is 1. The smallest absolute Gasteiger partial charge is 0.164 e. The molecule has 8 heteroatoms. The van der Waals surface area contributed by atoms with E-state index in [9.17, 15) is 5.11 Å². The largest absolute Gasteiger partial charge is 0.385 e. The lowest BCUT2D eigenvalue weighted by Gasteiger charge is -2.25. The number of rotatable bonds is 7. The van der Waals surface area contributed by atoms with Crippen molar-refractivity contribution in [3.05, 3.63) is 48.5 Å². The van der Waals surface area contributed by atoms with E-state index in [-0.39, 0.29) is 0 Å². The van der Waals surface area contributed by atoms with E-state index < -0.39 is 6.10 Å². The van der Waals surface area contributed by atoms with Gasteiger partial charge in [0.2, 0.25) is 0 Å². The standard InChI is InChI=1S/C19H23N5O2S/c25-16(10-23-6-8-26-9-7-23)11-24-14-22-17-18(24)20-13-21-19(17)27-12-15-4-2-1-3-5-15/h1-5,13-14,16,25H,6-12H2/p+1. The summed E-state index contributed by atoms with van der Waals surface area (Å²) in [6.45, 7) is 4.63. The molecule has 1 fully saturated rings. The van der Waals surface area contributed by atoms with Gasteiger partial charge in [-0.2, -0.15) is 0 Å². The zero-order valence-corrected chi connectivity index (χ0v) is 15.9. The van der Waals surface area contributed by atoms with Gasteiger partial charge in [-0.15, -0.1) is 0 Å². The normalized spacial score (nSPS) is 16.6. The van der Waals surface area contributed by atoms with E-state index in [0.29, 0.717) is 13.1 Å². The van der Waals surface area contributed by atoms with Gasteiger partial charge in [0.25, 0.3) is 0 Å². The predicted molar refractivity (Wildman–Crippen MR) is 104 cm³/mol. The summed E-state index contributed by atoms with van der Waals surface area (Å²) in [5.41, 5.74) is 2.82. The Morgan fingerprint density at radius 1 is 1.15 bits per heavy atom. The molecular formula is C19H24N5O2S+. The van der Waals surface area contributed by atoms with Crippen molar-refractivity contribution in [2.24, 2.45) is 0 Å². The molecule has 3 heterocycles. The molecule has 0 spiro atoms. The van der Waals surface area contributed by atoms with E-state index in [0.717, 1.165) is 48.2 Å². The molecule has 1 unspecified atom stereocenters. The summed E-state index contributed by atoms with van der Waals surface area (Å²) < 4.78 is 7.30. The van der Waals surface area contributed by atoms with Crippen LogP contribution >= 0.6 is 11.8 Å². The van der Waals surface area contributed by atoms with Crippen LogP contribution in [0.4, 0.5) is 0 Å². The van der Waals surface area contributed by atoms with Crippen LogP contribution in [-0.4, -0.2) is 63.6 Å². The molecule has 27 heavy (non-hydrogen) atoms. The van der Waals surface area contributed by atoms with Crippen LogP contribution in [-0.2, 0) is 17.0 Å². The number of benzene rings is 1. The van der Waals surface area contributed by atoms with Gasteiger partial charge in [0.15, 0.2) is 5.65 Å². The summed E-state index contributed by atoms with van der Waals surface area (Å²) in [7, 11) is 0. The molecule has 142 valence electrons. The minimum absolute atomic E-state index is 0.439. The average molecular weight is 387 g/mol. The van der Waals surface area contributed by atoms with Crippen LogP contribution in [0.25, 0.3) is 11.2 Å². The second-order valence-corrected chi connectivity index (χ2v) is 7.71. The fourth-order valence-electron chi connectivity index (χ4n) is 3.31. The average Bonchev–Trinajstić information content (AvgIpc) is 3.11. The number of aliphatic hydroxyl groups is 1. The first-order chi connectivity index (χ1) is 13.3. The maximum absolute atomic E-state index is 10.5. The molecule has 3 aromatic rings. The summed E-state index contributed by atoms with van der Waals surface area (Å²) in [6.07, 6.45) is 2.89. The molecule has 7 nitrogen and oxygen atoms in total. The molecule has 1 aliphatic rings. The van der Waals surface area contributed by atoms with Gasteiger partial charge in [0.05, 0.1) is 26.1 Å². The highest BCUT2D eigenvalue weighted by atomic mass is 32.2. The van der Waals surface area contributed by atoms with Gasteiger partial charge in [0.1, 0.15) is 42.6 Å². The number of nitrogens with one attached hydrogen (secondary N) is 1. The topological polar surface area (TPSA) is 77.5 Å². The Balaban J connectivity index is 1.43. The number of ether oxygens (including phenoxy) is 1. The maximum atomic E-state index is 10.5. The lowest BCUT2D eigenvalue weighted by atomic mass is 10.2. The van der Waals surface area contributed by atoms with Crippen LogP contribution in [0, 0.1) is 0 Å². The van der Waals surface area contributed by atoms with E-state index in [4.69, 9.17) is 4.74 Å². The zero-order chi connectivity index (χ0) is 18.5. The molecule has 0 bridgehead atoms. The van der Waals surface area contributed by atoms with Gasteiger partial charge < -0.3 is 19.3 Å². The second kappa shape index (κ2) is 8.79. The second-order valence-electron chi connectivity index (χ2n) is 6.74. The van der Waals surface area contributed by atoms with Crippen molar-refractivity contribution in [3.63, 3.8) is 0 Å². The van der Waals surface area contributed by atoms with Crippen molar-refractivity contribution >= 4 is 22.9 Å².